The van der Waals surface area contributed by atoms with Crippen LogP contribution in [0.15, 0.2) is 0 Å². The Balaban J connectivity index is 1.66. The first-order valence-corrected chi connectivity index (χ1v) is 5.98. The lowest BCUT2D eigenvalue weighted by Gasteiger charge is -2.33. The van der Waals surface area contributed by atoms with Gasteiger partial charge in [-0.05, 0) is 38.1 Å². The van der Waals surface area contributed by atoms with Gasteiger partial charge in [0.15, 0.2) is 0 Å². The van der Waals surface area contributed by atoms with E-state index >= 15 is 0 Å². The average Bonchev–Trinajstić information content (AvgIpc) is 2.99. The molecule has 0 bridgehead atoms. The summed E-state index contributed by atoms with van der Waals surface area (Å²) >= 11 is 0. The minimum atomic E-state index is -2.22. The van der Waals surface area contributed by atoms with E-state index in [9.17, 15) is 8.78 Å². The van der Waals surface area contributed by atoms with E-state index in [0.717, 1.165) is 31.8 Å². The number of rotatable bonds is 5. The van der Waals surface area contributed by atoms with Crippen molar-refractivity contribution >= 4 is 0 Å². The number of likely N-dealkylation sites (tertiary alicyclic amines) is 1. The largest absolute Gasteiger partial charge is 0.307 e. The Morgan fingerprint density at radius 1 is 1.27 bits per heavy atom. The SMILES string of the molecule is FC(F)CNC1CCCN(CC2CC2)C1. The fourth-order valence-corrected chi connectivity index (χ4v) is 2.31. The standard InChI is InChI=1S/C11H20F2N2/c12-11(13)6-14-10-2-1-5-15(8-10)7-9-3-4-9/h9-11,14H,1-8H2. The monoisotopic (exact) mass is 218 g/mol. The molecule has 1 saturated heterocycles. The predicted molar refractivity (Wildman–Crippen MR) is 56.2 cm³/mol. The van der Waals surface area contributed by atoms with Gasteiger partial charge in [-0.1, -0.05) is 0 Å². The van der Waals surface area contributed by atoms with Crippen LogP contribution in [0.3, 0.4) is 0 Å². The highest BCUT2D eigenvalue weighted by Gasteiger charge is 2.27. The zero-order valence-electron chi connectivity index (χ0n) is 9.09. The maximum absolute atomic E-state index is 12.0. The number of hydrogen-bond acceptors (Lipinski definition) is 2. The van der Waals surface area contributed by atoms with Crippen LogP contribution in [-0.4, -0.2) is 43.5 Å². The zero-order valence-corrected chi connectivity index (χ0v) is 9.09. The molecule has 1 saturated carbocycles. The summed E-state index contributed by atoms with van der Waals surface area (Å²) in [7, 11) is 0. The summed E-state index contributed by atoms with van der Waals surface area (Å²) in [5.74, 6) is 0.902. The summed E-state index contributed by atoms with van der Waals surface area (Å²) in [6, 6.07) is 0.284. The summed E-state index contributed by atoms with van der Waals surface area (Å²) in [5.41, 5.74) is 0. The van der Waals surface area contributed by atoms with Crippen molar-refractivity contribution in [1.29, 1.82) is 0 Å². The minimum Gasteiger partial charge on any atom is -0.307 e. The molecule has 88 valence electrons. The number of halogens is 2. The Morgan fingerprint density at radius 2 is 2.07 bits per heavy atom. The van der Waals surface area contributed by atoms with Crippen LogP contribution >= 0.6 is 0 Å². The minimum absolute atomic E-state index is 0.151. The van der Waals surface area contributed by atoms with Gasteiger partial charge in [-0.2, -0.15) is 0 Å². The van der Waals surface area contributed by atoms with Gasteiger partial charge in [0.25, 0.3) is 6.43 Å². The highest BCUT2D eigenvalue weighted by molar-refractivity contribution is 4.83. The van der Waals surface area contributed by atoms with E-state index in [0.29, 0.717) is 0 Å². The average molecular weight is 218 g/mol. The zero-order chi connectivity index (χ0) is 10.7. The van der Waals surface area contributed by atoms with E-state index in [2.05, 4.69) is 10.2 Å². The smallest absolute Gasteiger partial charge is 0.250 e. The van der Waals surface area contributed by atoms with Crippen LogP contribution in [-0.2, 0) is 0 Å². The normalized spacial score (nSPS) is 28.6. The van der Waals surface area contributed by atoms with Gasteiger partial charge in [0.1, 0.15) is 0 Å². The number of piperidine rings is 1. The molecule has 2 nitrogen and oxygen atoms in total. The van der Waals surface area contributed by atoms with E-state index in [1.165, 1.54) is 19.4 Å². The number of nitrogens with one attached hydrogen (secondary N) is 1. The van der Waals surface area contributed by atoms with E-state index in [1.54, 1.807) is 0 Å². The van der Waals surface area contributed by atoms with Crippen LogP contribution < -0.4 is 5.32 Å². The Hall–Kier alpha value is -0.220. The van der Waals surface area contributed by atoms with Crippen molar-refractivity contribution in [3.05, 3.63) is 0 Å². The molecule has 0 amide bonds. The Kier molecular flexibility index (Phi) is 3.92. The summed E-state index contributed by atoms with van der Waals surface area (Å²) in [6.45, 7) is 3.15. The van der Waals surface area contributed by atoms with E-state index in [4.69, 9.17) is 0 Å². The molecule has 4 heteroatoms. The van der Waals surface area contributed by atoms with Crippen molar-refractivity contribution < 1.29 is 8.78 Å². The van der Waals surface area contributed by atoms with Crippen molar-refractivity contribution in [3.8, 4) is 0 Å². The molecule has 1 aliphatic heterocycles. The number of alkyl halides is 2. The highest BCUT2D eigenvalue weighted by Crippen LogP contribution is 2.30. The molecule has 0 spiro atoms. The highest BCUT2D eigenvalue weighted by atomic mass is 19.3. The topological polar surface area (TPSA) is 15.3 Å². The second kappa shape index (κ2) is 5.21. The molecule has 1 unspecified atom stereocenters. The summed E-state index contributed by atoms with van der Waals surface area (Å²) in [5, 5.41) is 2.95. The lowest BCUT2D eigenvalue weighted by atomic mass is 10.1. The van der Waals surface area contributed by atoms with Crippen molar-refractivity contribution in [2.24, 2.45) is 5.92 Å². The Morgan fingerprint density at radius 3 is 2.73 bits per heavy atom. The van der Waals surface area contributed by atoms with Gasteiger partial charge in [0, 0.05) is 19.1 Å². The number of nitrogens with zero attached hydrogens (tertiary/aromatic N) is 1. The quantitative estimate of drug-likeness (QED) is 0.756. The molecule has 2 rings (SSSR count). The van der Waals surface area contributed by atoms with E-state index in [-0.39, 0.29) is 12.6 Å². The first-order valence-electron chi connectivity index (χ1n) is 5.98. The fourth-order valence-electron chi connectivity index (χ4n) is 2.31. The molecule has 2 fully saturated rings. The number of hydrogen-bond donors (Lipinski definition) is 1. The molecule has 1 aliphatic carbocycles. The van der Waals surface area contributed by atoms with Gasteiger partial charge in [0.2, 0.25) is 0 Å². The van der Waals surface area contributed by atoms with Gasteiger partial charge in [-0.25, -0.2) is 8.78 Å². The van der Waals surface area contributed by atoms with Crippen LogP contribution in [0.5, 0.6) is 0 Å². The molecule has 0 radical (unpaired) electrons. The molecule has 2 aliphatic rings. The molecule has 15 heavy (non-hydrogen) atoms. The molecular weight excluding hydrogens is 198 g/mol. The van der Waals surface area contributed by atoms with Crippen molar-refractivity contribution in [2.45, 2.75) is 38.2 Å². The van der Waals surface area contributed by atoms with Crippen LogP contribution in [0.25, 0.3) is 0 Å². The second-order valence-corrected chi connectivity index (χ2v) is 4.84. The molecule has 1 atom stereocenters. The molecular formula is C11H20F2N2. The fraction of sp³-hybridized carbons (Fsp3) is 1.00. The summed E-state index contributed by atoms with van der Waals surface area (Å²) in [6.07, 6.45) is 2.71. The molecule has 1 N–H and O–H groups in total. The summed E-state index contributed by atoms with van der Waals surface area (Å²) < 4.78 is 24.1. The van der Waals surface area contributed by atoms with Crippen molar-refractivity contribution in [3.63, 3.8) is 0 Å². The van der Waals surface area contributed by atoms with E-state index < -0.39 is 6.43 Å². The first kappa shape index (κ1) is 11.3. The third-order valence-electron chi connectivity index (χ3n) is 3.28. The molecule has 0 aromatic rings. The van der Waals surface area contributed by atoms with Crippen molar-refractivity contribution in [1.82, 2.24) is 10.2 Å². The van der Waals surface area contributed by atoms with Crippen molar-refractivity contribution in [2.75, 3.05) is 26.2 Å². The van der Waals surface area contributed by atoms with Gasteiger partial charge in [-0.15, -0.1) is 0 Å². The molecule has 1 heterocycles. The third kappa shape index (κ3) is 4.03. The summed E-state index contributed by atoms with van der Waals surface area (Å²) in [4.78, 5) is 2.43. The predicted octanol–water partition coefficient (Wildman–Crippen LogP) is 1.72. The van der Waals surface area contributed by atoms with Crippen LogP contribution in [0, 0.1) is 5.92 Å². The van der Waals surface area contributed by atoms with Gasteiger partial charge >= 0.3 is 0 Å². The van der Waals surface area contributed by atoms with Crippen LogP contribution in [0.4, 0.5) is 8.78 Å². The lowest BCUT2D eigenvalue weighted by molar-refractivity contribution is 0.125. The van der Waals surface area contributed by atoms with Gasteiger partial charge in [0.05, 0.1) is 6.54 Å². The van der Waals surface area contributed by atoms with Crippen LogP contribution in [0.1, 0.15) is 25.7 Å². The first-order chi connectivity index (χ1) is 7.24. The lowest BCUT2D eigenvalue weighted by Crippen LogP contribution is -2.47. The molecule has 0 aromatic heterocycles. The van der Waals surface area contributed by atoms with Gasteiger partial charge in [-0.3, -0.25) is 0 Å². The van der Waals surface area contributed by atoms with Gasteiger partial charge < -0.3 is 10.2 Å². The maximum Gasteiger partial charge on any atom is 0.250 e. The third-order valence-corrected chi connectivity index (χ3v) is 3.28. The Labute approximate surface area is 90.0 Å². The maximum atomic E-state index is 12.0. The Bertz CT molecular complexity index is 195. The van der Waals surface area contributed by atoms with Crippen LogP contribution in [0.2, 0.25) is 0 Å². The molecule has 0 aromatic carbocycles. The second-order valence-electron chi connectivity index (χ2n) is 4.84. The van der Waals surface area contributed by atoms with E-state index in [1.807, 2.05) is 0 Å².